The first kappa shape index (κ1) is 8.93. The minimum atomic E-state index is 0.0529. The largest absolute Gasteiger partial charge is 0.372 e. The molecule has 0 unspecified atom stereocenters. The van der Waals surface area contributed by atoms with Crippen LogP contribution in [0, 0.1) is 5.92 Å². The third-order valence-corrected chi connectivity index (χ3v) is 2.03. The Morgan fingerprint density at radius 3 is 2.73 bits per heavy atom. The second-order valence-electron chi connectivity index (χ2n) is 3.06. The molecule has 0 saturated carbocycles. The quantitative estimate of drug-likeness (QED) is 0.500. The van der Waals surface area contributed by atoms with Gasteiger partial charge in [0.25, 0.3) is 0 Å². The zero-order valence-corrected chi connectivity index (χ0v) is 6.82. The van der Waals surface area contributed by atoms with Gasteiger partial charge in [-0.05, 0) is 19.3 Å². The fourth-order valence-corrected chi connectivity index (χ4v) is 1.46. The maximum atomic E-state index is 7.90. The van der Waals surface area contributed by atoms with Gasteiger partial charge in [0.2, 0.25) is 0 Å². The number of hydrogen-bond donors (Lipinski definition) is 1. The van der Waals surface area contributed by atoms with Gasteiger partial charge in [0.15, 0.2) is 0 Å². The maximum absolute atomic E-state index is 7.90. The Balaban J connectivity index is 2.23. The highest BCUT2D eigenvalue weighted by atomic mass is 17.5. The van der Waals surface area contributed by atoms with Crippen molar-refractivity contribution in [2.45, 2.75) is 32.5 Å². The van der Waals surface area contributed by atoms with E-state index in [4.69, 9.17) is 9.99 Å². The Kier molecular flexibility index (Phi) is 3.26. The molecule has 0 amide bonds. The molecule has 1 saturated heterocycles. The lowest BCUT2D eigenvalue weighted by Crippen LogP contribution is -2.20. The van der Waals surface area contributed by atoms with Gasteiger partial charge in [-0.25, -0.2) is 10.1 Å². The van der Waals surface area contributed by atoms with E-state index in [0.717, 1.165) is 6.42 Å². The molecule has 4 heteroatoms. The smallest absolute Gasteiger partial charge is 0.112 e. The molecule has 1 N–H and O–H groups in total. The zero-order valence-electron chi connectivity index (χ0n) is 6.82. The van der Waals surface area contributed by atoms with E-state index in [2.05, 4.69) is 16.8 Å². The van der Waals surface area contributed by atoms with Gasteiger partial charge in [0, 0.05) is 0 Å². The van der Waals surface area contributed by atoms with E-state index in [1.807, 2.05) is 6.92 Å². The molecule has 66 valence electrons. The summed E-state index contributed by atoms with van der Waals surface area (Å²) in [4.78, 5) is 4.37. The highest BCUT2D eigenvalue weighted by Crippen LogP contribution is 2.25. The second-order valence-corrected chi connectivity index (χ2v) is 3.06. The summed E-state index contributed by atoms with van der Waals surface area (Å²) >= 11 is 0. The zero-order chi connectivity index (χ0) is 8.27. The monoisotopic (exact) mass is 162 g/mol. The van der Waals surface area contributed by atoms with Crippen molar-refractivity contribution in [2.24, 2.45) is 5.92 Å². The predicted molar refractivity (Wildman–Crippen MR) is 37.8 cm³/mol. The van der Waals surface area contributed by atoms with Crippen LogP contribution in [0.2, 0.25) is 0 Å². The molecule has 0 aromatic carbocycles. The SMILES string of the molecule is C[C@@H]1C[C@H](C)O[C@@H]1COOO. The Labute approximate surface area is 65.9 Å². The molecule has 0 bridgehead atoms. The summed E-state index contributed by atoms with van der Waals surface area (Å²) < 4.78 is 5.46. The van der Waals surface area contributed by atoms with Crippen LogP contribution in [0.5, 0.6) is 0 Å². The van der Waals surface area contributed by atoms with Crippen LogP contribution in [0.4, 0.5) is 0 Å². The van der Waals surface area contributed by atoms with Crippen molar-refractivity contribution in [2.75, 3.05) is 6.61 Å². The molecule has 0 aromatic rings. The molecule has 1 rings (SSSR count). The normalized spacial score (nSPS) is 37.9. The third kappa shape index (κ3) is 2.41. The fourth-order valence-electron chi connectivity index (χ4n) is 1.46. The van der Waals surface area contributed by atoms with E-state index in [1.54, 1.807) is 0 Å². The molecule has 0 aliphatic carbocycles. The van der Waals surface area contributed by atoms with Gasteiger partial charge in [0.1, 0.15) is 6.61 Å². The standard InChI is InChI=1S/C7H14O4/c1-5-3-6(2)10-7(5)4-9-11-8/h5-8H,3-4H2,1-2H3/t5-,6+,7-/m1/s1. The van der Waals surface area contributed by atoms with Crippen molar-refractivity contribution in [1.82, 2.24) is 0 Å². The second kappa shape index (κ2) is 4.01. The van der Waals surface area contributed by atoms with Crippen molar-refractivity contribution in [3.63, 3.8) is 0 Å². The molecule has 3 atom stereocenters. The van der Waals surface area contributed by atoms with Crippen molar-refractivity contribution >= 4 is 0 Å². The van der Waals surface area contributed by atoms with Gasteiger partial charge in [-0.1, -0.05) is 12.0 Å². The van der Waals surface area contributed by atoms with Crippen molar-refractivity contribution < 1.29 is 19.9 Å². The third-order valence-electron chi connectivity index (χ3n) is 2.03. The van der Waals surface area contributed by atoms with Gasteiger partial charge in [0.05, 0.1) is 12.2 Å². The molecule has 0 aromatic heterocycles. The molecular formula is C7H14O4. The van der Waals surface area contributed by atoms with E-state index in [1.165, 1.54) is 0 Å². The molecule has 4 nitrogen and oxygen atoms in total. The molecule has 1 heterocycles. The van der Waals surface area contributed by atoms with Crippen molar-refractivity contribution in [3.8, 4) is 0 Å². The van der Waals surface area contributed by atoms with Gasteiger partial charge >= 0.3 is 0 Å². The Morgan fingerprint density at radius 1 is 1.55 bits per heavy atom. The van der Waals surface area contributed by atoms with Crippen LogP contribution < -0.4 is 0 Å². The highest BCUT2D eigenvalue weighted by molar-refractivity contribution is 4.76. The molecule has 0 spiro atoms. The number of rotatable bonds is 3. The van der Waals surface area contributed by atoms with Crippen LogP contribution in [0.1, 0.15) is 20.3 Å². The Hall–Kier alpha value is -0.160. The van der Waals surface area contributed by atoms with Crippen LogP contribution in [-0.4, -0.2) is 24.1 Å². The van der Waals surface area contributed by atoms with Crippen LogP contribution in [-0.2, 0) is 14.7 Å². The first-order chi connectivity index (χ1) is 5.24. The first-order valence-electron chi connectivity index (χ1n) is 3.82. The summed E-state index contributed by atoms with van der Waals surface area (Å²) in [5.41, 5.74) is 0. The van der Waals surface area contributed by atoms with Gasteiger partial charge in [-0.3, -0.25) is 0 Å². The average molecular weight is 162 g/mol. The van der Waals surface area contributed by atoms with Crippen LogP contribution >= 0.6 is 0 Å². The molecule has 1 fully saturated rings. The molecule has 1 aliphatic rings. The van der Waals surface area contributed by atoms with Gasteiger partial charge < -0.3 is 4.74 Å². The van der Waals surface area contributed by atoms with E-state index in [9.17, 15) is 0 Å². The molecule has 0 radical (unpaired) electrons. The Bertz CT molecular complexity index is 117. The summed E-state index contributed by atoms with van der Waals surface area (Å²) in [7, 11) is 0. The van der Waals surface area contributed by atoms with Gasteiger partial charge in [-0.2, -0.15) is 0 Å². The van der Waals surface area contributed by atoms with Crippen molar-refractivity contribution in [1.29, 1.82) is 0 Å². The lowest BCUT2D eigenvalue weighted by Gasteiger charge is -2.12. The molecular weight excluding hydrogens is 148 g/mol. The summed E-state index contributed by atoms with van der Waals surface area (Å²) in [6, 6.07) is 0. The lowest BCUT2D eigenvalue weighted by atomic mass is 10.0. The topological polar surface area (TPSA) is 47.9 Å². The summed E-state index contributed by atoms with van der Waals surface area (Å²) in [5, 5.41) is 11.4. The number of hydrogen-bond acceptors (Lipinski definition) is 4. The van der Waals surface area contributed by atoms with Crippen LogP contribution in [0.3, 0.4) is 0 Å². The van der Waals surface area contributed by atoms with Crippen LogP contribution in [0.15, 0.2) is 0 Å². The van der Waals surface area contributed by atoms with E-state index in [-0.39, 0.29) is 12.2 Å². The minimum Gasteiger partial charge on any atom is -0.372 e. The van der Waals surface area contributed by atoms with E-state index in [0.29, 0.717) is 12.5 Å². The van der Waals surface area contributed by atoms with Crippen molar-refractivity contribution in [3.05, 3.63) is 0 Å². The predicted octanol–water partition coefficient (Wildman–Crippen LogP) is 1.22. The summed E-state index contributed by atoms with van der Waals surface area (Å²) in [6.45, 7) is 4.41. The maximum Gasteiger partial charge on any atom is 0.112 e. The Morgan fingerprint density at radius 2 is 2.27 bits per heavy atom. The van der Waals surface area contributed by atoms with Crippen LogP contribution in [0.25, 0.3) is 0 Å². The summed E-state index contributed by atoms with van der Waals surface area (Å²) in [5.74, 6) is 0.472. The van der Waals surface area contributed by atoms with E-state index < -0.39 is 0 Å². The van der Waals surface area contributed by atoms with E-state index >= 15 is 0 Å². The lowest BCUT2D eigenvalue weighted by molar-refractivity contribution is -0.494. The molecule has 11 heavy (non-hydrogen) atoms. The first-order valence-corrected chi connectivity index (χ1v) is 3.82. The highest BCUT2D eigenvalue weighted by Gasteiger charge is 2.29. The number of ether oxygens (including phenoxy) is 1. The summed E-state index contributed by atoms with van der Waals surface area (Å²) in [6.07, 6.45) is 1.38. The minimum absolute atomic E-state index is 0.0529. The molecule has 1 aliphatic heterocycles. The average Bonchev–Trinajstić information content (AvgIpc) is 2.26. The fraction of sp³-hybridized carbons (Fsp3) is 1.00. The van der Waals surface area contributed by atoms with Gasteiger partial charge in [-0.15, -0.1) is 0 Å².